The molecule has 2 heterocycles. The number of nitrogens with one attached hydrogen (secondary N) is 1. The van der Waals surface area contributed by atoms with Gasteiger partial charge in [-0.15, -0.1) is 0 Å². The molecular weight excluding hydrogens is 226 g/mol. The highest BCUT2D eigenvalue weighted by Gasteiger charge is 2.24. The number of hydrogen-bond donors (Lipinski definition) is 1. The molecule has 1 atom stereocenters. The summed E-state index contributed by atoms with van der Waals surface area (Å²) in [5.41, 5.74) is 2.61. The summed E-state index contributed by atoms with van der Waals surface area (Å²) in [5.74, 6) is 3.32. The van der Waals surface area contributed by atoms with Gasteiger partial charge in [0.1, 0.15) is 17.3 Å². The Morgan fingerprint density at radius 3 is 2.78 bits per heavy atom. The lowest BCUT2D eigenvalue weighted by atomic mass is 9.89. The third-order valence-electron chi connectivity index (χ3n) is 3.49. The first-order valence-corrected chi connectivity index (χ1v) is 6.22. The molecule has 0 unspecified atom stereocenters. The van der Waals surface area contributed by atoms with Gasteiger partial charge in [-0.25, -0.2) is 0 Å². The number of hydrogen-bond acceptors (Lipinski definition) is 3. The minimum absolute atomic E-state index is 0.372. The predicted octanol–water partition coefficient (Wildman–Crippen LogP) is 2.83. The largest absolute Gasteiger partial charge is 0.497 e. The minimum atomic E-state index is 0.372. The molecule has 1 N–H and O–H groups in total. The second-order valence-electron chi connectivity index (χ2n) is 4.69. The number of aryl methyl sites for hydroxylation is 1. The van der Waals surface area contributed by atoms with Crippen LogP contribution in [0.25, 0.3) is 0 Å². The Balaban J connectivity index is 1.97. The van der Waals surface area contributed by atoms with E-state index in [1.807, 2.05) is 19.1 Å². The van der Waals surface area contributed by atoms with Gasteiger partial charge in [0, 0.05) is 18.0 Å². The fourth-order valence-corrected chi connectivity index (χ4v) is 2.59. The topological polar surface area (TPSA) is 34.4 Å². The Kier molecular flexibility index (Phi) is 2.84. The van der Waals surface area contributed by atoms with Crippen molar-refractivity contribution in [1.82, 2.24) is 5.32 Å². The highest BCUT2D eigenvalue weighted by atomic mass is 16.5. The summed E-state index contributed by atoms with van der Waals surface area (Å²) in [7, 11) is 1.69. The number of furan rings is 1. The summed E-state index contributed by atoms with van der Waals surface area (Å²) in [6.07, 6.45) is 0. The highest BCUT2D eigenvalue weighted by Crippen LogP contribution is 2.32. The van der Waals surface area contributed by atoms with Gasteiger partial charge >= 0.3 is 0 Å². The molecule has 0 bridgehead atoms. The van der Waals surface area contributed by atoms with Crippen LogP contribution in [0.5, 0.6) is 5.75 Å². The van der Waals surface area contributed by atoms with Crippen molar-refractivity contribution in [2.75, 3.05) is 13.7 Å². The summed E-state index contributed by atoms with van der Waals surface area (Å²) < 4.78 is 10.9. The molecule has 94 valence electrons. The zero-order valence-corrected chi connectivity index (χ0v) is 10.7. The first kappa shape index (κ1) is 11.4. The lowest BCUT2D eigenvalue weighted by molar-refractivity contribution is 0.414. The van der Waals surface area contributed by atoms with Gasteiger partial charge in [0.05, 0.1) is 13.7 Å². The van der Waals surface area contributed by atoms with Crippen molar-refractivity contribution in [3.63, 3.8) is 0 Å². The summed E-state index contributed by atoms with van der Waals surface area (Å²) in [6.45, 7) is 3.79. The lowest BCUT2D eigenvalue weighted by Crippen LogP contribution is -2.27. The van der Waals surface area contributed by atoms with Crippen LogP contribution in [-0.2, 0) is 6.54 Å². The molecule has 1 aliphatic heterocycles. The van der Waals surface area contributed by atoms with Crippen molar-refractivity contribution in [2.45, 2.75) is 19.4 Å². The second kappa shape index (κ2) is 4.50. The molecule has 18 heavy (non-hydrogen) atoms. The third kappa shape index (κ3) is 1.91. The molecule has 1 aromatic heterocycles. The molecule has 0 saturated carbocycles. The minimum Gasteiger partial charge on any atom is -0.497 e. The SMILES string of the molecule is COc1ccc([C@@H]2CNCc3oc(C)cc32)cc1. The van der Waals surface area contributed by atoms with Crippen LogP contribution >= 0.6 is 0 Å². The van der Waals surface area contributed by atoms with Crippen LogP contribution in [0, 0.1) is 6.92 Å². The van der Waals surface area contributed by atoms with Crippen LogP contribution in [0.2, 0.25) is 0 Å². The smallest absolute Gasteiger partial charge is 0.121 e. The first-order valence-electron chi connectivity index (χ1n) is 6.22. The maximum absolute atomic E-state index is 5.72. The molecule has 1 aromatic carbocycles. The van der Waals surface area contributed by atoms with Crippen molar-refractivity contribution < 1.29 is 9.15 Å². The summed E-state index contributed by atoms with van der Waals surface area (Å²) in [4.78, 5) is 0. The van der Waals surface area contributed by atoms with Gasteiger partial charge in [-0.3, -0.25) is 0 Å². The van der Waals surface area contributed by atoms with E-state index in [0.717, 1.165) is 30.4 Å². The van der Waals surface area contributed by atoms with Crippen molar-refractivity contribution in [1.29, 1.82) is 0 Å². The molecule has 0 spiro atoms. The van der Waals surface area contributed by atoms with E-state index >= 15 is 0 Å². The fourth-order valence-electron chi connectivity index (χ4n) is 2.59. The van der Waals surface area contributed by atoms with Gasteiger partial charge in [-0.05, 0) is 30.7 Å². The van der Waals surface area contributed by atoms with E-state index in [2.05, 4.69) is 23.5 Å². The van der Waals surface area contributed by atoms with E-state index in [0.29, 0.717) is 5.92 Å². The summed E-state index contributed by atoms with van der Waals surface area (Å²) in [5, 5.41) is 3.41. The van der Waals surface area contributed by atoms with Gasteiger partial charge in [0.15, 0.2) is 0 Å². The highest BCUT2D eigenvalue weighted by molar-refractivity contribution is 5.39. The standard InChI is InChI=1S/C15H17NO2/c1-10-7-13-14(8-16-9-15(13)18-10)11-3-5-12(17-2)6-4-11/h3-7,14,16H,8-9H2,1-2H3/t14-/m0/s1. The molecular formula is C15H17NO2. The Bertz CT molecular complexity index is 542. The number of benzene rings is 1. The molecule has 0 amide bonds. The molecule has 3 nitrogen and oxygen atoms in total. The predicted molar refractivity (Wildman–Crippen MR) is 70.0 cm³/mol. The first-order chi connectivity index (χ1) is 8.78. The number of ether oxygens (including phenoxy) is 1. The van der Waals surface area contributed by atoms with E-state index in [-0.39, 0.29) is 0 Å². The number of fused-ring (bicyclic) bond motifs is 1. The molecule has 3 rings (SSSR count). The van der Waals surface area contributed by atoms with Gasteiger partial charge < -0.3 is 14.5 Å². The van der Waals surface area contributed by atoms with E-state index < -0.39 is 0 Å². The average Bonchev–Trinajstić information content (AvgIpc) is 2.79. The Morgan fingerprint density at radius 2 is 2.06 bits per heavy atom. The second-order valence-corrected chi connectivity index (χ2v) is 4.69. The van der Waals surface area contributed by atoms with E-state index in [1.54, 1.807) is 7.11 Å². The molecule has 1 aliphatic rings. The molecule has 3 heteroatoms. The van der Waals surface area contributed by atoms with Gasteiger partial charge in [0.25, 0.3) is 0 Å². The number of rotatable bonds is 2. The molecule has 2 aromatic rings. The van der Waals surface area contributed by atoms with Crippen LogP contribution < -0.4 is 10.1 Å². The van der Waals surface area contributed by atoms with Crippen molar-refractivity contribution in [3.05, 3.63) is 53.0 Å². The zero-order valence-electron chi connectivity index (χ0n) is 10.7. The zero-order chi connectivity index (χ0) is 12.5. The van der Waals surface area contributed by atoms with E-state index in [4.69, 9.17) is 9.15 Å². The van der Waals surface area contributed by atoms with Crippen molar-refractivity contribution in [3.8, 4) is 5.75 Å². The van der Waals surface area contributed by atoms with E-state index in [1.165, 1.54) is 11.1 Å². The van der Waals surface area contributed by atoms with Crippen LogP contribution in [0.4, 0.5) is 0 Å². The van der Waals surface area contributed by atoms with Gasteiger partial charge in [0.2, 0.25) is 0 Å². The lowest BCUT2D eigenvalue weighted by Gasteiger charge is -2.23. The Hall–Kier alpha value is -1.74. The monoisotopic (exact) mass is 243 g/mol. The molecule has 0 radical (unpaired) electrons. The Morgan fingerprint density at radius 1 is 1.28 bits per heavy atom. The van der Waals surface area contributed by atoms with Crippen LogP contribution in [0.3, 0.4) is 0 Å². The number of methoxy groups -OCH3 is 1. The van der Waals surface area contributed by atoms with Gasteiger partial charge in [-0.2, -0.15) is 0 Å². The van der Waals surface area contributed by atoms with E-state index in [9.17, 15) is 0 Å². The average molecular weight is 243 g/mol. The molecule has 0 aliphatic carbocycles. The molecule has 0 fully saturated rings. The van der Waals surface area contributed by atoms with Gasteiger partial charge in [-0.1, -0.05) is 12.1 Å². The molecule has 0 saturated heterocycles. The Labute approximate surface area is 107 Å². The van der Waals surface area contributed by atoms with Crippen molar-refractivity contribution >= 4 is 0 Å². The quantitative estimate of drug-likeness (QED) is 0.880. The van der Waals surface area contributed by atoms with Crippen molar-refractivity contribution in [2.24, 2.45) is 0 Å². The maximum atomic E-state index is 5.72. The van der Waals surface area contributed by atoms with Crippen LogP contribution in [0.1, 0.15) is 28.6 Å². The summed E-state index contributed by atoms with van der Waals surface area (Å²) >= 11 is 0. The van der Waals surface area contributed by atoms with Crippen LogP contribution in [-0.4, -0.2) is 13.7 Å². The van der Waals surface area contributed by atoms with Crippen LogP contribution in [0.15, 0.2) is 34.7 Å². The maximum Gasteiger partial charge on any atom is 0.121 e. The third-order valence-corrected chi connectivity index (χ3v) is 3.49. The summed E-state index contributed by atoms with van der Waals surface area (Å²) in [6, 6.07) is 10.4. The normalized spacial score (nSPS) is 18.4. The fraction of sp³-hybridized carbons (Fsp3) is 0.333.